The molecule has 0 saturated heterocycles. The van der Waals surface area contributed by atoms with Gasteiger partial charge in [0.05, 0.1) is 24.9 Å². The Labute approximate surface area is 91.4 Å². The van der Waals surface area contributed by atoms with E-state index >= 15 is 0 Å². The molecule has 0 amide bonds. The number of ether oxygens (including phenoxy) is 1. The molecule has 2 N–H and O–H groups in total. The van der Waals surface area contributed by atoms with Crippen LogP contribution < -0.4 is 5.73 Å². The number of nitrogens with zero attached hydrogens (tertiary/aromatic N) is 2. The highest BCUT2D eigenvalue weighted by Gasteiger charge is 2.09. The topological polar surface area (TPSA) is 53.1 Å². The Morgan fingerprint density at radius 1 is 1.53 bits per heavy atom. The lowest BCUT2D eigenvalue weighted by molar-refractivity contribution is -0.00790. The molecular weight excluding hydrogens is 190 g/mol. The van der Waals surface area contributed by atoms with Crippen molar-refractivity contribution in [2.75, 3.05) is 6.61 Å². The lowest BCUT2D eigenvalue weighted by Gasteiger charge is -2.19. The van der Waals surface area contributed by atoms with Gasteiger partial charge in [0.15, 0.2) is 0 Å². The highest BCUT2D eigenvalue weighted by molar-refractivity contribution is 5.07. The van der Waals surface area contributed by atoms with E-state index in [0.717, 1.165) is 12.1 Å². The lowest BCUT2D eigenvalue weighted by Crippen LogP contribution is -2.22. The summed E-state index contributed by atoms with van der Waals surface area (Å²) in [5, 5.41) is 4.21. The summed E-state index contributed by atoms with van der Waals surface area (Å²) in [7, 11) is 0. The van der Waals surface area contributed by atoms with E-state index in [0.29, 0.717) is 6.61 Å². The molecule has 1 heterocycles. The van der Waals surface area contributed by atoms with Crippen molar-refractivity contribution in [2.45, 2.75) is 45.9 Å². The Bertz CT molecular complexity index is 299. The number of nitrogens with two attached hydrogens (primary N) is 1. The number of hydrogen-bond donors (Lipinski definition) is 1. The first kappa shape index (κ1) is 12.2. The second kappa shape index (κ2) is 4.77. The highest BCUT2D eigenvalue weighted by Crippen LogP contribution is 2.09. The van der Waals surface area contributed by atoms with Crippen molar-refractivity contribution in [3.05, 3.63) is 18.0 Å². The quantitative estimate of drug-likeness (QED) is 0.825. The minimum absolute atomic E-state index is 0.0438. The molecule has 0 aliphatic heterocycles. The van der Waals surface area contributed by atoms with Gasteiger partial charge in [-0.1, -0.05) is 0 Å². The Morgan fingerprint density at radius 3 is 2.67 bits per heavy atom. The molecule has 0 spiro atoms. The van der Waals surface area contributed by atoms with Crippen LogP contribution in [0.25, 0.3) is 0 Å². The van der Waals surface area contributed by atoms with Crippen LogP contribution in [-0.4, -0.2) is 22.0 Å². The van der Waals surface area contributed by atoms with Crippen LogP contribution in [0.1, 0.15) is 39.3 Å². The highest BCUT2D eigenvalue weighted by atomic mass is 16.5. The minimum atomic E-state index is -0.0862. The first-order valence-electron chi connectivity index (χ1n) is 5.30. The number of hydrogen-bond acceptors (Lipinski definition) is 3. The Balaban J connectivity index is 2.38. The second-order valence-electron chi connectivity index (χ2n) is 4.79. The summed E-state index contributed by atoms with van der Waals surface area (Å²) in [4.78, 5) is 0. The first-order valence-corrected chi connectivity index (χ1v) is 5.30. The Morgan fingerprint density at radius 2 is 2.20 bits per heavy atom. The maximum Gasteiger partial charge on any atom is 0.0669 e. The molecule has 0 aliphatic rings. The van der Waals surface area contributed by atoms with E-state index in [4.69, 9.17) is 10.5 Å². The molecule has 1 unspecified atom stereocenters. The summed E-state index contributed by atoms with van der Waals surface area (Å²) in [6.07, 6.45) is 3.78. The van der Waals surface area contributed by atoms with Crippen LogP contribution in [0.2, 0.25) is 0 Å². The predicted molar refractivity (Wildman–Crippen MR) is 60.5 cm³/mol. The maximum atomic E-state index is 5.74. The molecule has 0 aromatic carbocycles. The van der Waals surface area contributed by atoms with E-state index in [1.54, 1.807) is 0 Å². The van der Waals surface area contributed by atoms with Crippen molar-refractivity contribution in [3.63, 3.8) is 0 Å². The van der Waals surface area contributed by atoms with Crippen molar-refractivity contribution in [1.82, 2.24) is 9.78 Å². The van der Waals surface area contributed by atoms with E-state index in [9.17, 15) is 0 Å². The summed E-state index contributed by atoms with van der Waals surface area (Å²) in [5.74, 6) is 0. The van der Waals surface area contributed by atoms with Gasteiger partial charge in [-0.05, 0) is 27.7 Å². The third kappa shape index (κ3) is 4.44. The molecule has 0 aliphatic carbocycles. The summed E-state index contributed by atoms with van der Waals surface area (Å²) >= 11 is 0. The van der Waals surface area contributed by atoms with E-state index < -0.39 is 0 Å². The van der Waals surface area contributed by atoms with E-state index in [2.05, 4.69) is 5.10 Å². The number of rotatable bonds is 4. The van der Waals surface area contributed by atoms with Crippen molar-refractivity contribution in [1.29, 1.82) is 0 Å². The molecule has 1 atom stereocenters. The SMILES string of the molecule is CC(N)c1cnn(CCOC(C)(C)C)c1. The lowest BCUT2D eigenvalue weighted by atomic mass is 10.2. The molecule has 1 aromatic rings. The van der Waals surface area contributed by atoms with Gasteiger partial charge in [-0.25, -0.2) is 0 Å². The van der Waals surface area contributed by atoms with Crippen LogP contribution in [0.15, 0.2) is 12.4 Å². The Hall–Kier alpha value is -0.870. The van der Waals surface area contributed by atoms with Crippen LogP contribution in [0.5, 0.6) is 0 Å². The zero-order valence-corrected chi connectivity index (χ0v) is 10.0. The van der Waals surface area contributed by atoms with Gasteiger partial charge < -0.3 is 10.5 Å². The molecule has 0 bridgehead atoms. The monoisotopic (exact) mass is 211 g/mol. The average Bonchev–Trinajstić information content (AvgIpc) is 2.50. The third-order valence-electron chi connectivity index (χ3n) is 2.03. The molecule has 0 saturated carbocycles. The standard InChI is InChI=1S/C11H21N3O/c1-9(12)10-7-13-14(8-10)5-6-15-11(2,3)4/h7-9H,5-6,12H2,1-4H3. The zero-order valence-electron chi connectivity index (χ0n) is 10.0. The third-order valence-corrected chi connectivity index (χ3v) is 2.03. The van der Waals surface area contributed by atoms with Crippen LogP contribution in [-0.2, 0) is 11.3 Å². The van der Waals surface area contributed by atoms with Gasteiger partial charge in [0, 0.05) is 17.8 Å². The summed E-state index contributed by atoms with van der Waals surface area (Å²) in [6, 6.07) is 0.0438. The first-order chi connectivity index (χ1) is 6.88. The molecule has 0 radical (unpaired) electrons. The van der Waals surface area contributed by atoms with Gasteiger partial charge >= 0.3 is 0 Å². The van der Waals surface area contributed by atoms with Crippen molar-refractivity contribution in [2.24, 2.45) is 5.73 Å². The van der Waals surface area contributed by atoms with Gasteiger partial charge in [0.1, 0.15) is 0 Å². The predicted octanol–water partition coefficient (Wildman–Crippen LogP) is 1.72. The van der Waals surface area contributed by atoms with Gasteiger partial charge in [-0.3, -0.25) is 4.68 Å². The largest absolute Gasteiger partial charge is 0.374 e. The van der Waals surface area contributed by atoms with E-state index in [1.165, 1.54) is 0 Å². The molecule has 1 rings (SSSR count). The van der Waals surface area contributed by atoms with Crippen LogP contribution in [0, 0.1) is 0 Å². The van der Waals surface area contributed by atoms with Crippen molar-refractivity contribution < 1.29 is 4.74 Å². The van der Waals surface area contributed by atoms with E-state index in [-0.39, 0.29) is 11.6 Å². The second-order valence-corrected chi connectivity index (χ2v) is 4.79. The van der Waals surface area contributed by atoms with Crippen LogP contribution >= 0.6 is 0 Å². The fraction of sp³-hybridized carbons (Fsp3) is 0.727. The maximum absolute atomic E-state index is 5.74. The normalized spacial score (nSPS) is 14.2. The van der Waals surface area contributed by atoms with Crippen LogP contribution in [0.4, 0.5) is 0 Å². The Kier molecular flexibility index (Phi) is 3.88. The van der Waals surface area contributed by atoms with Gasteiger partial charge in [0.2, 0.25) is 0 Å². The van der Waals surface area contributed by atoms with Gasteiger partial charge in [-0.2, -0.15) is 5.10 Å². The molecular formula is C11H21N3O. The van der Waals surface area contributed by atoms with E-state index in [1.807, 2.05) is 44.8 Å². The van der Waals surface area contributed by atoms with Crippen LogP contribution in [0.3, 0.4) is 0 Å². The summed E-state index contributed by atoms with van der Waals surface area (Å²) in [5.41, 5.74) is 6.72. The molecule has 15 heavy (non-hydrogen) atoms. The van der Waals surface area contributed by atoms with Crippen molar-refractivity contribution in [3.8, 4) is 0 Å². The van der Waals surface area contributed by atoms with Crippen molar-refractivity contribution >= 4 is 0 Å². The average molecular weight is 211 g/mol. The molecule has 4 nitrogen and oxygen atoms in total. The fourth-order valence-electron chi connectivity index (χ4n) is 1.18. The minimum Gasteiger partial charge on any atom is -0.374 e. The number of aromatic nitrogens is 2. The fourth-order valence-corrected chi connectivity index (χ4v) is 1.18. The van der Waals surface area contributed by atoms with Gasteiger partial charge in [0.25, 0.3) is 0 Å². The summed E-state index contributed by atoms with van der Waals surface area (Å²) < 4.78 is 7.48. The van der Waals surface area contributed by atoms with Gasteiger partial charge in [-0.15, -0.1) is 0 Å². The molecule has 1 aromatic heterocycles. The molecule has 0 fully saturated rings. The zero-order chi connectivity index (χ0) is 11.5. The molecule has 86 valence electrons. The smallest absolute Gasteiger partial charge is 0.0669 e. The summed E-state index contributed by atoms with van der Waals surface area (Å²) in [6.45, 7) is 9.52. The molecule has 4 heteroatoms.